The van der Waals surface area contributed by atoms with Crippen LogP contribution in [0.2, 0.25) is 0 Å². The molecule has 0 saturated carbocycles. The predicted molar refractivity (Wildman–Crippen MR) is 302 cm³/mol. The van der Waals surface area contributed by atoms with Crippen molar-refractivity contribution in [1.82, 2.24) is 0 Å². The van der Waals surface area contributed by atoms with E-state index in [0.717, 1.165) is 116 Å². The topological polar surface area (TPSA) is 78.9 Å². The molecule has 0 aliphatic rings. The van der Waals surface area contributed by atoms with Gasteiger partial charge in [-0.1, -0.05) is 260 Å². The Morgan fingerprint density at radius 2 is 0.571 bits per heavy atom. The molecule has 0 amide bonds. The lowest BCUT2D eigenvalue weighted by atomic mass is 10.0. The van der Waals surface area contributed by atoms with Crippen molar-refractivity contribution < 1.29 is 28.6 Å². The summed E-state index contributed by atoms with van der Waals surface area (Å²) in [7, 11) is 0. The van der Waals surface area contributed by atoms with Gasteiger partial charge in [-0.15, -0.1) is 0 Å². The highest BCUT2D eigenvalue weighted by Crippen LogP contribution is 2.16. The minimum Gasteiger partial charge on any atom is -0.462 e. The van der Waals surface area contributed by atoms with Gasteiger partial charge < -0.3 is 14.2 Å². The molecule has 0 aromatic heterocycles. The van der Waals surface area contributed by atoms with Crippen LogP contribution in [-0.4, -0.2) is 37.2 Å². The molecule has 0 aliphatic carbocycles. The molecule has 6 heteroatoms. The average Bonchev–Trinajstić information content (AvgIpc) is 3.36. The highest BCUT2D eigenvalue weighted by Gasteiger charge is 2.19. The molecule has 402 valence electrons. The molecular formula is C64H110O6. The van der Waals surface area contributed by atoms with Gasteiger partial charge in [-0.3, -0.25) is 14.4 Å². The Morgan fingerprint density at radius 1 is 0.300 bits per heavy atom. The first kappa shape index (κ1) is 66.6. The fourth-order valence-corrected chi connectivity index (χ4v) is 8.19. The van der Waals surface area contributed by atoms with Crippen molar-refractivity contribution in [2.24, 2.45) is 0 Å². The number of carbonyl (C=O) groups excluding carboxylic acids is 3. The van der Waals surface area contributed by atoms with Gasteiger partial charge >= 0.3 is 17.9 Å². The van der Waals surface area contributed by atoms with Gasteiger partial charge in [0.1, 0.15) is 13.2 Å². The predicted octanol–water partition coefficient (Wildman–Crippen LogP) is 19.9. The van der Waals surface area contributed by atoms with E-state index in [1.165, 1.54) is 128 Å². The molecule has 0 fully saturated rings. The molecule has 0 rings (SSSR count). The lowest BCUT2D eigenvalue weighted by molar-refractivity contribution is -0.167. The Morgan fingerprint density at radius 3 is 0.914 bits per heavy atom. The zero-order valence-corrected chi connectivity index (χ0v) is 46.0. The molecule has 0 spiro atoms. The lowest BCUT2D eigenvalue weighted by Gasteiger charge is -2.18. The molecule has 0 radical (unpaired) electrons. The summed E-state index contributed by atoms with van der Waals surface area (Å²) in [4.78, 5) is 38.1. The van der Waals surface area contributed by atoms with Crippen LogP contribution >= 0.6 is 0 Å². The second-order valence-electron chi connectivity index (χ2n) is 19.5. The van der Waals surface area contributed by atoms with Crippen molar-refractivity contribution in [2.45, 2.75) is 290 Å². The second-order valence-corrected chi connectivity index (χ2v) is 19.5. The number of esters is 3. The zero-order chi connectivity index (χ0) is 50.7. The maximum Gasteiger partial charge on any atom is 0.306 e. The largest absolute Gasteiger partial charge is 0.462 e. The first-order valence-electron chi connectivity index (χ1n) is 29.6. The zero-order valence-electron chi connectivity index (χ0n) is 46.0. The van der Waals surface area contributed by atoms with Gasteiger partial charge in [-0.25, -0.2) is 0 Å². The van der Waals surface area contributed by atoms with Crippen LogP contribution in [0.3, 0.4) is 0 Å². The number of hydrogen-bond donors (Lipinski definition) is 0. The fraction of sp³-hybridized carbons (Fsp3) is 0.734. The summed E-state index contributed by atoms with van der Waals surface area (Å²) in [5.74, 6) is -0.891. The summed E-state index contributed by atoms with van der Waals surface area (Å²) < 4.78 is 16.8. The van der Waals surface area contributed by atoms with E-state index in [9.17, 15) is 14.4 Å². The van der Waals surface area contributed by atoms with E-state index < -0.39 is 6.10 Å². The van der Waals surface area contributed by atoms with E-state index in [1.807, 2.05) is 0 Å². The summed E-state index contributed by atoms with van der Waals surface area (Å²) in [6.45, 7) is 6.48. The molecule has 70 heavy (non-hydrogen) atoms. The molecule has 0 aliphatic heterocycles. The molecule has 6 nitrogen and oxygen atoms in total. The van der Waals surface area contributed by atoms with E-state index >= 15 is 0 Å². The third kappa shape index (κ3) is 55.5. The summed E-state index contributed by atoms with van der Waals surface area (Å²) in [5.41, 5.74) is 0. The fourth-order valence-electron chi connectivity index (χ4n) is 8.19. The molecule has 0 bridgehead atoms. The van der Waals surface area contributed by atoms with Crippen LogP contribution in [0, 0.1) is 0 Å². The quantitative estimate of drug-likeness (QED) is 0.0261. The maximum atomic E-state index is 12.8. The number of hydrogen-bond acceptors (Lipinski definition) is 6. The van der Waals surface area contributed by atoms with Crippen LogP contribution in [0.25, 0.3) is 0 Å². The molecule has 0 heterocycles. The minimum absolute atomic E-state index is 0.0803. The Balaban J connectivity index is 4.24. The Hall–Kier alpha value is -3.41. The van der Waals surface area contributed by atoms with E-state index in [-0.39, 0.29) is 31.1 Å². The van der Waals surface area contributed by atoms with Crippen LogP contribution in [0.5, 0.6) is 0 Å². The SMILES string of the molecule is CC/C=C\C/C=C\C/C=C\C/C=C\C/C=C\CCCCCCCCCCCCCC(=O)OCC(COC(=O)CCCCCCCCCCCCC)OC(=O)CCCCCCC/C=C\C/C=C\CCCC. The standard InChI is InChI=1S/C64H110O6/c1-4-7-10-13-16-19-22-24-26-27-28-29-30-31-32-33-34-35-36-37-38-40-42-45-48-51-54-57-63(66)69-60-61(59-68-62(65)56-53-50-47-44-41-21-18-15-12-9-6-3)70-64(67)58-55-52-49-46-43-39-25-23-20-17-14-11-8-5-2/h7,10,14,16-17,19,23-26,28-29,31-32,61H,4-6,8-9,11-13,15,18,20-22,27,30,33-60H2,1-3H3/b10-7-,17-14-,19-16-,25-23-,26-24-,29-28-,32-31-. The Labute approximate surface area is 433 Å². The first-order valence-corrected chi connectivity index (χ1v) is 29.6. The van der Waals surface area contributed by atoms with Crippen LogP contribution in [0.1, 0.15) is 284 Å². The first-order chi connectivity index (χ1) is 34.5. The van der Waals surface area contributed by atoms with E-state index in [4.69, 9.17) is 14.2 Å². The molecule has 1 unspecified atom stereocenters. The molecule has 0 aromatic rings. The van der Waals surface area contributed by atoms with E-state index in [2.05, 4.69) is 106 Å². The second kappa shape index (κ2) is 58.2. The maximum absolute atomic E-state index is 12.8. The van der Waals surface area contributed by atoms with Gasteiger partial charge in [-0.2, -0.15) is 0 Å². The van der Waals surface area contributed by atoms with E-state index in [1.54, 1.807) is 0 Å². The van der Waals surface area contributed by atoms with Gasteiger partial charge in [0.25, 0.3) is 0 Å². The van der Waals surface area contributed by atoms with Gasteiger partial charge in [0, 0.05) is 19.3 Å². The Kier molecular flexibility index (Phi) is 55.3. The summed E-state index contributed by atoms with van der Waals surface area (Å²) >= 11 is 0. The normalized spacial score (nSPS) is 12.7. The van der Waals surface area contributed by atoms with Crippen LogP contribution < -0.4 is 0 Å². The summed E-state index contributed by atoms with van der Waals surface area (Å²) in [6.07, 6.45) is 75.8. The third-order valence-electron chi connectivity index (χ3n) is 12.6. The number of allylic oxidation sites excluding steroid dienone is 14. The number of carbonyl (C=O) groups is 3. The van der Waals surface area contributed by atoms with Crippen molar-refractivity contribution in [3.8, 4) is 0 Å². The smallest absolute Gasteiger partial charge is 0.306 e. The van der Waals surface area contributed by atoms with Crippen LogP contribution in [0.4, 0.5) is 0 Å². The van der Waals surface area contributed by atoms with Gasteiger partial charge in [0.2, 0.25) is 0 Å². The Bertz CT molecular complexity index is 1350. The third-order valence-corrected chi connectivity index (χ3v) is 12.6. The highest BCUT2D eigenvalue weighted by molar-refractivity contribution is 5.71. The molecule has 0 N–H and O–H groups in total. The number of rotatable bonds is 53. The van der Waals surface area contributed by atoms with Crippen molar-refractivity contribution in [2.75, 3.05) is 13.2 Å². The molecule has 1 atom stereocenters. The van der Waals surface area contributed by atoms with Crippen molar-refractivity contribution in [3.63, 3.8) is 0 Å². The van der Waals surface area contributed by atoms with Crippen LogP contribution in [0.15, 0.2) is 85.1 Å². The van der Waals surface area contributed by atoms with E-state index in [0.29, 0.717) is 19.3 Å². The summed E-state index contributed by atoms with van der Waals surface area (Å²) in [6, 6.07) is 0. The van der Waals surface area contributed by atoms with Gasteiger partial charge in [0.05, 0.1) is 0 Å². The summed E-state index contributed by atoms with van der Waals surface area (Å²) in [5, 5.41) is 0. The highest BCUT2D eigenvalue weighted by atomic mass is 16.6. The average molecular weight is 976 g/mol. The number of unbranched alkanes of at least 4 members (excludes halogenated alkanes) is 28. The van der Waals surface area contributed by atoms with Crippen molar-refractivity contribution in [3.05, 3.63) is 85.1 Å². The van der Waals surface area contributed by atoms with Gasteiger partial charge in [-0.05, 0) is 89.9 Å². The minimum atomic E-state index is -0.783. The molecule has 0 aromatic carbocycles. The lowest BCUT2D eigenvalue weighted by Crippen LogP contribution is -2.30. The van der Waals surface area contributed by atoms with Crippen LogP contribution in [-0.2, 0) is 28.6 Å². The monoisotopic (exact) mass is 975 g/mol. The molecular weight excluding hydrogens is 865 g/mol. The van der Waals surface area contributed by atoms with Crippen molar-refractivity contribution in [1.29, 1.82) is 0 Å². The van der Waals surface area contributed by atoms with Gasteiger partial charge in [0.15, 0.2) is 6.10 Å². The number of ether oxygens (including phenoxy) is 3. The molecule has 0 saturated heterocycles. The van der Waals surface area contributed by atoms with Crippen molar-refractivity contribution >= 4 is 17.9 Å².